The van der Waals surface area contributed by atoms with Gasteiger partial charge in [0.05, 0.1) is 6.04 Å². The van der Waals surface area contributed by atoms with Gasteiger partial charge in [-0.2, -0.15) is 4.98 Å². The molecule has 23 heavy (non-hydrogen) atoms. The van der Waals surface area contributed by atoms with Gasteiger partial charge in [0.25, 0.3) is 0 Å². The summed E-state index contributed by atoms with van der Waals surface area (Å²) in [5, 5.41) is 3.85. The molecule has 3 heterocycles. The number of hydrogen-bond donors (Lipinski definition) is 0. The molecule has 6 heteroatoms. The minimum absolute atomic E-state index is 0.0904. The maximum atomic E-state index is 12.8. The van der Waals surface area contributed by atoms with Gasteiger partial charge in [-0.3, -0.25) is 9.69 Å². The van der Waals surface area contributed by atoms with Crippen molar-refractivity contribution in [3.63, 3.8) is 0 Å². The van der Waals surface area contributed by atoms with Crippen LogP contribution in [-0.2, 0) is 11.2 Å². The molecule has 2 aliphatic rings. The predicted octanol–water partition coefficient (Wildman–Crippen LogP) is 2.03. The Bertz CT molecular complexity index is 522. The summed E-state index contributed by atoms with van der Waals surface area (Å²) in [4.78, 5) is 21.4. The Labute approximate surface area is 138 Å². The van der Waals surface area contributed by atoms with E-state index in [4.69, 9.17) is 4.52 Å². The Balaban J connectivity index is 1.50. The van der Waals surface area contributed by atoms with Crippen molar-refractivity contribution in [3.8, 4) is 0 Å². The van der Waals surface area contributed by atoms with E-state index < -0.39 is 0 Å². The molecule has 1 aromatic heterocycles. The van der Waals surface area contributed by atoms with Crippen molar-refractivity contribution in [1.82, 2.24) is 19.9 Å². The summed E-state index contributed by atoms with van der Waals surface area (Å²) in [5.74, 6) is 2.31. The Hall–Kier alpha value is -1.43. The van der Waals surface area contributed by atoms with Gasteiger partial charge in [0.2, 0.25) is 11.8 Å². The van der Waals surface area contributed by atoms with Gasteiger partial charge in [-0.05, 0) is 52.1 Å². The maximum Gasteiger partial charge on any atom is 0.239 e. The number of hydrogen-bond acceptors (Lipinski definition) is 5. The standard InChI is InChI=1S/C17H28N4O2/c1-13-18-16(23-19-13)12-14-7-10-21(11-8-14)17(22)15-6-4-3-5-9-20(15)2/h14-15H,3-12H2,1-2H3. The third-order valence-corrected chi connectivity index (χ3v) is 5.26. The fourth-order valence-electron chi connectivity index (χ4n) is 3.80. The third-order valence-electron chi connectivity index (χ3n) is 5.26. The van der Waals surface area contributed by atoms with E-state index >= 15 is 0 Å². The molecule has 1 aromatic rings. The first-order valence-corrected chi connectivity index (χ1v) is 8.91. The van der Waals surface area contributed by atoms with Crippen LogP contribution in [0.25, 0.3) is 0 Å². The highest BCUT2D eigenvalue weighted by atomic mass is 16.5. The summed E-state index contributed by atoms with van der Waals surface area (Å²) in [5.41, 5.74) is 0. The normalized spacial score (nSPS) is 24.6. The van der Waals surface area contributed by atoms with Crippen molar-refractivity contribution in [3.05, 3.63) is 11.7 Å². The number of nitrogens with zero attached hydrogens (tertiary/aromatic N) is 4. The highest BCUT2D eigenvalue weighted by molar-refractivity contribution is 5.82. The molecular weight excluding hydrogens is 292 g/mol. The first-order valence-electron chi connectivity index (χ1n) is 8.91. The summed E-state index contributed by atoms with van der Waals surface area (Å²) in [7, 11) is 2.10. The van der Waals surface area contributed by atoms with Gasteiger partial charge in [-0.1, -0.05) is 18.0 Å². The average Bonchev–Trinajstić information content (AvgIpc) is 2.83. The number of aryl methyl sites for hydroxylation is 1. The van der Waals surface area contributed by atoms with Crippen molar-refractivity contribution in [2.24, 2.45) is 5.92 Å². The van der Waals surface area contributed by atoms with Crippen LogP contribution in [0.2, 0.25) is 0 Å². The lowest BCUT2D eigenvalue weighted by Crippen LogP contribution is -2.49. The lowest BCUT2D eigenvalue weighted by molar-refractivity contribution is -0.138. The van der Waals surface area contributed by atoms with E-state index in [2.05, 4.69) is 27.0 Å². The molecule has 2 saturated heterocycles. The number of likely N-dealkylation sites (tertiary alicyclic amines) is 2. The zero-order valence-corrected chi connectivity index (χ0v) is 14.3. The lowest BCUT2D eigenvalue weighted by Gasteiger charge is -2.36. The van der Waals surface area contributed by atoms with E-state index in [0.717, 1.165) is 51.2 Å². The molecular formula is C17H28N4O2. The summed E-state index contributed by atoms with van der Waals surface area (Å²) < 4.78 is 5.22. The molecule has 0 saturated carbocycles. The van der Waals surface area contributed by atoms with Gasteiger partial charge in [-0.25, -0.2) is 0 Å². The maximum absolute atomic E-state index is 12.8. The zero-order valence-electron chi connectivity index (χ0n) is 14.3. The molecule has 2 fully saturated rings. The van der Waals surface area contributed by atoms with Crippen LogP contribution in [0.4, 0.5) is 0 Å². The Morgan fingerprint density at radius 2 is 1.96 bits per heavy atom. The van der Waals surface area contributed by atoms with Crippen LogP contribution in [0.1, 0.15) is 50.2 Å². The molecule has 0 aliphatic carbocycles. The van der Waals surface area contributed by atoms with Gasteiger partial charge >= 0.3 is 0 Å². The van der Waals surface area contributed by atoms with Gasteiger partial charge in [0.1, 0.15) is 0 Å². The average molecular weight is 320 g/mol. The number of amides is 1. The van der Waals surface area contributed by atoms with Crippen molar-refractivity contribution in [1.29, 1.82) is 0 Å². The molecule has 0 radical (unpaired) electrons. The van der Waals surface area contributed by atoms with Crippen molar-refractivity contribution < 1.29 is 9.32 Å². The summed E-state index contributed by atoms with van der Waals surface area (Å²) in [6, 6.07) is 0.0904. The van der Waals surface area contributed by atoms with Crippen LogP contribution >= 0.6 is 0 Å². The zero-order chi connectivity index (χ0) is 16.2. The molecule has 0 N–H and O–H groups in total. The molecule has 1 amide bonds. The number of piperidine rings is 1. The summed E-state index contributed by atoms with van der Waals surface area (Å²) >= 11 is 0. The Kier molecular flexibility index (Phi) is 5.30. The monoisotopic (exact) mass is 320 g/mol. The minimum Gasteiger partial charge on any atom is -0.341 e. The first-order chi connectivity index (χ1) is 11.1. The van der Waals surface area contributed by atoms with Crippen molar-refractivity contribution in [2.75, 3.05) is 26.7 Å². The molecule has 0 aromatic carbocycles. The van der Waals surface area contributed by atoms with Crippen LogP contribution in [0.5, 0.6) is 0 Å². The minimum atomic E-state index is 0.0904. The topological polar surface area (TPSA) is 62.5 Å². The number of likely N-dealkylation sites (N-methyl/N-ethyl adjacent to an activating group) is 1. The number of carbonyl (C=O) groups is 1. The smallest absolute Gasteiger partial charge is 0.239 e. The van der Waals surface area contributed by atoms with Gasteiger partial charge < -0.3 is 9.42 Å². The van der Waals surface area contributed by atoms with Crippen LogP contribution in [0.15, 0.2) is 4.52 Å². The first kappa shape index (κ1) is 16.4. The van der Waals surface area contributed by atoms with Crippen LogP contribution in [0, 0.1) is 12.8 Å². The number of rotatable bonds is 3. The second kappa shape index (κ2) is 7.43. The number of carbonyl (C=O) groups excluding carboxylic acids is 1. The SMILES string of the molecule is Cc1noc(CC2CCN(C(=O)C3CCCCCN3C)CC2)n1. The lowest BCUT2D eigenvalue weighted by atomic mass is 9.93. The quantitative estimate of drug-likeness (QED) is 0.853. The van der Waals surface area contributed by atoms with Gasteiger partial charge in [-0.15, -0.1) is 0 Å². The summed E-state index contributed by atoms with van der Waals surface area (Å²) in [6.45, 7) is 4.61. The van der Waals surface area contributed by atoms with Crippen molar-refractivity contribution >= 4 is 5.91 Å². The highest BCUT2D eigenvalue weighted by Crippen LogP contribution is 2.24. The van der Waals surface area contributed by atoms with E-state index in [-0.39, 0.29) is 6.04 Å². The fourth-order valence-corrected chi connectivity index (χ4v) is 3.80. The Morgan fingerprint density at radius 3 is 2.65 bits per heavy atom. The van der Waals surface area contributed by atoms with Crippen molar-refractivity contribution in [2.45, 2.75) is 57.9 Å². The van der Waals surface area contributed by atoms with Crippen LogP contribution in [-0.4, -0.2) is 58.6 Å². The Morgan fingerprint density at radius 1 is 1.17 bits per heavy atom. The third kappa shape index (κ3) is 4.10. The van der Waals surface area contributed by atoms with E-state index in [1.54, 1.807) is 0 Å². The van der Waals surface area contributed by atoms with Crippen LogP contribution in [0.3, 0.4) is 0 Å². The van der Waals surface area contributed by atoms with E-state index in [9.17, 15) is 4.79 Å². The van der Waals surface area contributed by atoms with E-state index in [0.29, 0.717) is 17.6 Å². The molecule has 1 unspecified atom stereocenters. The molecule has 6 nitrogen and oxygen atoms in total. The molecule has 0 bridgehead atoms. The molecule has 128 valence electrons. The van der Waals surface area contributed by atoms with E-state index in [1.807, 2.05) is 6.92 Å². The highest BCUT2D eigenvalue weighted by Gasteiger charge is 2.31. The predicted molar refractivity (Wildman–Crippen MR) is 86.9 cm³/mol. The summed E-state index contributed by atoms with van der Waals surface area (Å²) in [6.07, 6.45) is 7.55. The second-order valence-corrected chi connectivity index (χ2v) is 7.05. The van der Waals surface area contributed by atoms with E-state index in [1.165, 1.54) is 19.3 Å². The molecule has 2 aliphatic heterocycles. The van der Waals surface area contributed by atoms with Gasteiger partial charge in [0, 0.05) is 19.5 Å². The van der Waals surface area contributed by atoms with Crippen LogP contribution < -0.4 is 0 Å². The fraction of sp³-hybridized carbons (Fsp3) is 0.824. The molecule has 3 rings (SSSR count). The van der Waals surface area contributed by atoms with Gasteiger partial charge in [0.15, 0.2) is 5.82 Å². The number of aromatic nitrogens is 2. The second-order valence-electron chi connectivity index (χ2n) is 7.05. The molecule has 0 spiro atoms. The largest absolute Gasteiger partial charge is 0.341 e. The molecule has 1 atom stereocenters.